The number of hydrogen-bond acceptors (Lipinski definition) is 4. The van der Waals surface area contributed by atoms with Gasteiger partial charge in [0, 0.05) is 19.6 Å². The minimum atomic E-state index is 0. The van der Waals surface area contributed by atoms with Crippen LogP contribution in [-0.4, -0.2) is 37.1 Å². The van der Waals surface area contributed by atoms with Crippen molar-refractivity contribution in [1.29, 1.82) is 0 Å². The molecule has 2 aliphatic carbocycles. The van der Waals surface area contributed by atoms with Crippen molar-refractivity contribution in [3.8, 4) is 11.5 Å². The fourth-order valence-electron chi connectivity index (χ4n) is 4.49. The zero-order valence-corrected chi connectivity index (χ0v) is 14.8. The fraction of sp³-hybridized carbons (Fsp3) is 0.611. The van der Waals surface area contributed by atoms with E-state index in [4.69, 9.17) is 15.2 Å². The number of carbonyl (C=O) groups excluding carboxylic acids is 1. The Balaban J connectivity index is 0.00000169. The summed E-state index contributed by atoms with van der Waals surface area (Å²) in [6.45, 7) is 1.74. The molecule has 0 radical (unpaired) electrons. The zero-order valence-electron chi connectivity index (χ0n) is 13.9. The maximum atomic E-state index is 12.8. The van der Waals surface area contributed by atoms with Crippen LogP contribution in [0.3, 0.4) is 0 Å². The standard InChI is InChI=1S/C18H24N2O3.ClH/c1-20(18(21)16-12-3-4-13(9-12)17(16)19)10-11-2-5-14-15(8-11)23-7-6-22-14;/h2,5,8,12-13,16-17H,3-4,6-7,9-10,19H2,1H3;1H. The minimum Gasteiger partial charge on any atom is -0.486 e. The molecule has 132 valence electrons. The maximum Gasteiger partial charge on any atom is 0.227 e. The van der Waals surface area contributed by atoms with Crippen LogP contribution in [0.15, 0.2) is 18.2 Å². The lowest BCUT2D eigenvalue weighted by molar-refractivity contribution is -0.137. The van der Waals surface area contributed by atoms with Crippen LogP contribution in [0, 0.1) is 17.8 Å². The molecule has 1 aromatic rings. The molecule has 2 bridgehead atoms. The Bertz CT molecular complexity index is 622. The lowest BCUT2D eigenvalue weighted by Crippen LogP contribution is -2.45. The topological polar surface area (TPSA) is 64.8 Å². The average Bonchev–Trinajstić information content (AvgIpc) is 3.15. The second-order valence-electron chi connectivity index (χ2n) is 7.11. The van der Waals surface area contributed by atoms with Gasteiger partial charge in [0.1, 0.15) is 13.2 Å². The van der Waals surface area contributed by atoms with Crippen LogP contribution in [0.5, 0.6) is 11.5 Å². The summed E-state index contributed by atoms with van der Waals surface area (Å²) in [5.74, 6) is 2.80. The van der Waals surface area contributed by atoms with Crippen molar-refractivity contribution in [2.24, 2.45) is 23.5 Å². The van der Waals surface area contributed by atoms with Gasteiger partial charge in [0.2, 0.25) is 5.91 Å². The van der Waals surface area contributed by atoms with Gasteiger partial charge in [0.25, 0.3) is 0 Å². The van der Waals surface area contributed by atoms with E-state index in [2.05, 4.69) is 0 Å². The van der Waals surface area contributed by atoms with Crippen molar-refractivity contribution >= 4 is 18.3 Å². The van der Waals surface area contributed by atoms with E-state index in [1.54, 1.807) is 0 Å². The molecule has 0 aromatic heterocycles. The number of carbonyl (C=O) groups is 1. The molecule has 24 heavy (non-hydrogen) atoms. The summed E-state index contributed by atoms with van der Waals surface area (Å²) in [6.07, 6.45) is 3.49. The summed E-state index contributed by atoms with van der Waals surface area (Å²) in [6, 6.07) is 5.94. The Labute approximate surface area is 148 Å². The van der Waals surface area contributed by atoms with E-state index in [-0.39, 0.29) is 30.3 Å². The van der Waals surface area contributed by atoms with Gasteiger partial charge in [0.15, 0.2) is 11.5 Å². The molecule has 0 spiro atoms. The molecule has 1 aliphatic heterocycles. The molecule has 4 unspecified atom stereocenters. The number of fused-ring (bicyclic) bond motifs is 3. The van der Waals surface area contributed by atoms with Crippen LogP contribution in [0.25, 0.3) is 0 Å². The second kappa shape index (κ2) is 6.81. The quantitative estimate of drug-likeness (QED) is 0.905. The summed E-state index contributed by atoms with van der Waals surface area (Å²) in [5.41, 5.74) is 7.36. The SMILES string of the molecule is CN(Cc1ccc2c(c1)OCCO2)C(=O)C1C2CCC(C2)C1N.Cl. The van der Waals surface area contributed by atoms with Crippen molar-refractivity contribution in [2.75, 3.05) is 20.3 Å². The highest BCUT2D eigenvalue weighted by Crippen LogP contribution is 2.48. The predicted octanol–water partition coefficient (Wildman–Crippen LogP) is 2.21. The van der Waals surface area contributed by atoms with Crippen molar-refractivity contribution < 1.29 is 14.3 Å². The van der Waals surface area contributed by atoms with Gasteiger partial charge in [-0.3, -0.25) is 4.79 Å². The minimum absolute atomic E-state index is 0. The van der Waals surface area contributed by atoms with E-state index in [1.807, 2.05) is 30.1 Å². The summed E-state index contributed by atoms with van der Waals surface area (Å²) in [7, 11) is 1.87. The zero-order chi connectivity index (χ0) is 16.0. The third-order valence-corrected chi connectivity index (χ3v) is 5.67. The Hall–Kier alpha value is -1.46. The molecule has 4 rings (SSSR count). The Kier molecular flexibility index (Phi) is 4.92. The largest absolute Gasteiger partial charge is 0.486 e. The molecular formula is C18H25ClN2O3. The molecule has 2 fully saturated rings. The number of nitrogens with two attached hydrogens (primary N) is 1. The van der Waals surface area contributed by atoms with Gasteiger partial charge < -0.3 is 20.1 Å². The highest BCUT2D eigenvalue weighted by atomic mass is 35.5. The molecule has 0 saturated heterocycles. The van der Waals surface area contributed by atoms with Gasteiger partial charge in [-0.25, -0.2) is 0 Å². The number of rotatable bonds is 3. The number of nitrogens with zero attached hydrogens (tertiary/aromatic N) is 1. The van der Waals surface area contributed by atoms with E-state index >= 15 is 0 Å². The van der Waals surface area contributed by atoms with E-state index < -0.39 is 0 Å². The average molecular weight is 353 g/mol. The highest BCUT2D eigenvalue weighted by Gasteiger charge is 2.49. The third kappa shape index (κ3) is 2.95. The first-order valence-corrected chi connectivity index (χ1v) is 8.52. The van der Waals surface area contributed by atoms with Crippen molar-refractivity contribution in [3.63, 3.8) is 0 Å². The highest BCUT2D eigenvalue weighted by molar-refractivity contribution is 5.85. The maximum absolute atomic E-state index is 12.8. The number of hydrogen-bond donors (Lipinski definition) is 1. The third-order valence-electron chi connectivity index (χ3n) is 5.67. The molecule has 4 atom stereocenters. The van der Waals surface area contributed by atoms with Crippen LogP contribution in [-0.2, 0) is 11.3 Å². The van der Waals surface area contributed by atoms with E-state index in [0.29, 0.717) is 31.6 Å². The number of amides is 1. The summed E-state index contributed by atoms with van der Waals surface area (Å²) in [4.78, 5) is 14.6. The van der Waals surface area contributed by atoms with Gasteiger partial charge in [-0.05, 0) is 48.8 Å². The molecule has 1 heterocycles. The molecule has 3 aliphatic rings. The van der Waals surface area contributed by atoms with Crippen molar-refractivity contribution in [1.82, 2.24) is 4.90 Å². The van der Waals surface area contributed by atoms with E-state index in [9.17, 15) is 4.79 Å². The number of ether oxygens (including phenoxy) is 2. The van der Waals surface area contributed by atoms with Crippen LogP contribution < -0.4 is 15.2 Å². The Morgan fingerprint density at radius 2 is 1.92 bits per heavy atom. The molecule has 1 amide bonds. The van der Waals surface area contributed by atoms with Gasteiger partial charge in [-0.15, -0.1) is 12.4 Å². The Morgan fingerprint density at radius 1 is 1.21 bits per heavy atom. The normalized spacial score (nSPS) is 29.9. The first kappa shape index (κ1) is 17.4. The van der Waals surface area contributed by atoms with Crippen LogP contribution >= 0.6 is 12.4 Å². The molecule has 1 aromatic carbocycles. The second-order valence-corrected chi connectivity index (χ2v) is 7.11. The van der Waals surface area contributed by atoms with E-state index in [0.717, 1.165) is 29.9 Å². The summed E-state index contributed by atoms with van der Waals surface area (Å²) >= 11 is 0. The Morgan fingerprint density at radius 3 is 2.62 bits per heavy atom. The molecular weight excluding hydrogens is 328 g/mol. The van der Waals surface area contributed by atoms with Crippen LogP contribution in [0.1, 0.15) is 24.8 Å². The summed E-state index contributed by atoms with van der Waals surface area (Å²) in [5, 5.41) is 0. The smallest absolute Gasteiger partial charge is 0.227 e. The predicted molar refractivity (Wildman–Crippen MR) is 93.5 cm³/mol. The first-order valence-electron chi connectivity index (χ1n) is 8.52. The van der Waals surface area contributed by atoms with Gasteiger partial charge in [-0.2, -0.15) is 0 Å². The molecule has 6 heteroatoms. The molecule has 2 saturated carbocycles. The van der Waals surface area contributed by atoms with Gasteiger partial charge in [-0.1, -0.05) is 6.07 Å². The van der Waals surface area contributed by atoms with E-state index in [1.165, 1.54) is 6.42 Å². The molecule has 5 nitrogen and oxygen atoms in total. The van der Waals surface area contributed by atoms with Gasteiger partial charge in [0.05, 0.1) is 5.92 Å². The van der Waals surface area contributed by atoms with Crippen LogP contribution in [0.2, 0.25) is 0 Å². The van der Waals surface area contributed by atoms with Crippen molar-refractivity contribution in [2.45, 2.75) is 31.8 Å². The monoisotopic (exact) mass is 352 g/mol. The lowest BCUT2D eigenvalue weighted by atomic mass is 9.84. The molecule has 2 N–H and O–H groups in total. The summed E-state index contributed by atoms with van der Waals surface area (Å²) < 4.78 is 11.2. The fourth-order valence-corrected chi connectivity index (χ4v) is 4.49. The first-order chi connectivity index (χ1) is 11.1. The van der Waals surface area contributed by atoms with Crippen LogP contribution in [0.4, 0.5) is 0 Å². The van der Waals surface area contributed by atoms with Gasteiger partial charge >= 0.3 is 0 Å². The van der Waals surface area contributed by atoms with Crippen molar-refractivity contribution in [3.05, 3.63) is 23.8 Å². The number of halogens is 1. The lowest BCUT2D eigenvalue weighted by Gasteiger charge is -2.31. The number of benzene rings is 1.